The van der Waals surface area contributed by atoms with E-state index in [-0.39, 0.29) is 0 Å². The van der Waals surface area contributed by atoms with Crippen molar-refractivity contribution >= 4 is 43.6 Å². The molecule has 0 aliphatic carbocycles. The quantitative estimate of drug-likeness (QED) is 0.199. The lowest BCUT2D eigenvalue weighted by Crippen LogP contribution is -2.05. The van der Waals surface area contributed by atoms with Crippen LogP contribution in [0.4, 0.5) is 0 Å². The number of aromatic nitrogens is 2. The third-order valence-corrected chi connectivity index (χ3v) is 9.41. The molecule has 4 heteroatoms. The molecule has 0 unspecified atom stereocenters. The number of nitriles is 2. The van der Waals surface area contributed by atoms with E-state index in [1.807, 2.05) is 78.9 Å². The van der Waals surface area contributed by atoms with Crippen molar-refractivity contribution in [2.24, 2.45) is 0 Å². The average molecular weight is 611 g/mol. The molecule has 0 bridgehead atoms. The van der Waals surface area contributed by atoms with Crippen LogP contribution >= 0.6 is 0 Å². The summed E-state index contributed by atoms with van der Waals surface area (Å²) in [4.78, 5) is 0. The van der Waals surface area contributed by atoms with Crippen LogP contribution in [0.3, 0.4) is 0 Å². The first kappa shape index (κ1) is 27.4. The Morgan fingerprint density at radius 3 is 1.29 bits per heavy atom. The van der Waals surface area contributed by atoms with Crippen LogP contribution in [0.2, 0.25) is 0 Å². The van der Waals surface area contributed by atoms with E-state index in [1.54, 1.807) is 0 Å². The topological polar surface area (TPSA) is 57.4 Å². The molecule has 222 valence electrons. The van der Waals surface area contributed by atoms with E-state index >= 15 is 0 Å². The number of benzene rings is 7. The maximum absolute atomic E-state index is 10.9. The third kappa shape index (κ3) is 4.01. The molecule has 0 spiro atoms. The predicted molar refractivity (Wildman–Crippen MR) is 195 cm³/mol. The van der Waals surface area contributed by atoms with Crippen molar-refractivity contribution in [3.8, 4) is 45.8 Å². The molecule has 4 nitrogen and oxygen atoms in total. The summed E-state index contributed by atoms with van der Waals surface area (Å²) in [5.41, 5.74) is 10.1. The fourth-order valence-electron chi connectivity index (χ4n) is 7.35. The minimum absolute atomic E-state index is 0.464. The number of hydrogen-bond acceptors (Lipinski definition) is 2. The molecule has 0 saturated heterocycles. The predicted octanol–water partition coefficient (Wildman–Crippen LogP) is 11.0. The van der Waals surface area contributed by atoms with Gasteiger partial charge in [0.1, 0.15) is 12.1 Å². The summed E-state index contributed by atoms with van der Waals surface area (Å²) in [6.45, 7) is 0. The highest BCUT2D eigenvalue weighted by molar-refractivity contribution is 6.12. The van der Waals surface area contributed by atoms with Crippen molar-refractivity contribution < 1.29 is 0 Å². The highest BCUT2D eigenvalue weighted by Gasteiger charge is 2.25. The van der Waals surface area contributed by atoms with Crippen LogP contribution in [0.5, 0.6) is 0 Å². The second kappa shape index (κ2) is 10.9. The molecule has 0 fully saturated rings. The second-order valence-electron chi connectivity index (χ2n) is 11.9. The van der Waals surface area contributed by atoms with E-state index in [1.165, 1.54) is 10.8 Å². The van der Waals surface area contributed by atoms with Crippen LogP contribution in [-0.2, 0) is 0 Å². The zero-order valence-corrected chi connectivity index (χ0v) is 25.8. The molecule has 0 atom stereocenters. The molecule has 0 aliphatic heterocycles. The minimum Gasteiger partial charge on any atom is -0.309 e. The Morgan fingerprint density at radius 1 is 0.375 bits per heavy atom. The molecule has 48 heavy (non-hydrogen) atoms. The summed E-state index contributed by atoms with van der Waals surface area (Å²) < 4.78 is 4.44. The lowest BCUT2D eigenvalue weighted by Gasteiger charge is -2.19. The van der Waals surface area contributed by atoms with E-state index in [0.717, 1.165) is 60.8 Å². The maximum atomic E-state index is 10.9. The first-order chi connectivity index (χ1) is 23.8. The van der Waals surface area contributed by atoms with Gasteiger partial charge in [-0.05, 0) is 53.6 Å². The molecule has 0 N–H and O–H groups in total. The van der Waals surface area contributed by atoms with Crippen molar-refractivity contribution in [3.05, 3.63) is 169 Å². The molecule has 0 radical (unpaired) electrons. The lowest BCUT2D eigenvalue weighted by molar-refractivity contribution is 1.15. The monoisotopic (exact) mass is 610 g/mol. The summed E-state index contributed by atoms with van der Waals surface area (Å²) >= 11 is 0. The SMILES string of the molecule is N#Cc1c(-c2ccccc2)cc(-c2ccccc2)c(C#N)c1-n1c2ccccc2c2cc(-n3c4ccccc4c4ccccc43)ccc21. The van der Waals surface area contributed by atoms with Crippen molar-refractivity contribution in [2.45, 2.75) is 0 Å². The minimum atomic E-state index is 0.464. The van der Waals surface area contributed by atoms with Gasteiger partial charge >= 0.3 is 0 Å². The Bertz CT molecular complexity index is 2660. The smallest absolute Gasteiger partial charge is 0.102 e. The standard InChI is InChI=1S/C44H26N4/c45-27-38-35(29-13-3-1-4-14-29)26-36(30-15-5-2-6-16-30)39(28-46)44(38)48-42-22-12-9-19-34(42)37-25-31(23-24-43(37)48)47-40-20-10-7-17-32(40)33-18-8-11-21-41(33)47/h1-26H. The van der Waals surface area contributed by atoms with E-state index < -0.39 is 0 Å². The zero-order valence-electron chi connectivity index (χ0n) is 25.8. The summed E-state index contributed by atoms with van der Waals surface area (Å²) in [6.07, 6.45) is 0. The van der Waals surface area contributed by atoms with Crippen molar-refractivity contribution in [1.82, 2.24) is 9.13 Å². The number of hydrogen-bond donors (Lipinski definition) is 0. The van der Waals surface area contributed by atoms with Crippen LogP contribution in [0.15, 0.2) is 158 Å². The third-order valence-electron chi connectivity index (χ3n) is 9.41. The molecular weight excluding hydrogens is 585 g/mol. The van der Waals surface area contributed by atoms with E-state index in [4.69, 9.17) is 0 Å². The van der Waals surface area contributed by atoms with Gasteiger partial charge in [-0.25, -0.2) is 0 Å². The van der Waals surface area contributed by atoms with Crippen LogP contribution in [0.1, 0.15) is 11.1 Å². The number of fused-ring (bicyclic) bond motifs is 6. The van der Waals surface area contributed by atoms with Gasteiger partial charge in [0.25, 0.3) is 0 Å². The normalized spacial score (nSPS) is 11.3. The molecular formula is C44H26N4. The van der Waals surface area contributed by atoms with Gasteiger partial charge < -0.3 is 9.13 Å². The van der Waals surface area contributed by atoms with E-state index in [0.29, 0.717) is 16.8 Å². The molecule has 0 amide bonds. The van der Waals surface area contributed by atoms with E-state index in [9.17, 15) is 10.5 Å². The second-order valence-corrected chi connectivity index (χ2v) is 11.9. The Labute approximate surface area is 277 Å². The van der Waals surface area contributed by atoms with Crippen LogP contribution in [-0.4, -0.2) is 9.13 Å². The lowest BCUT2D eigenvalue weighted by atomic mass is 9.89. The van der Waals surface area contributed by atoms with Gasteiger partial charge in [0.05, 0.1) is 38.9 Å². The van der Waals surface area contributed by atoms with Gasteiger partial charge in [0, 0.05) is 38.4 Å². The molecule has 2 heterocycles. The molecule has 0 aliphatic rings. The fourth-order valence-corrected chi connectivity index (χ4v) is 7.35. The van der Waals surface area contributed by atoms with Gasteiger partial charge in [-0.2, -0.15) is 10.5 Å². The first-order valence-corrected chi connectivity index (χ1v) is 15.9. The average Bonchev–Trinajstić information content (AvgIpc) is 3.67. The molecule has 7 aromatic carbocycles. The Kier molecular flexibility index (Phi) is 6.22. The Morgan fingerprint density at radius 2 is 0.792 bits per heavy atom. The number of rotatable bonds is 4. The largest absolute Gasteiger partial charge is 0.309 e. The van der Waals surface area contributed by atoms with Gasteiger partial charge in [0.2, 0.25) is 0 Å². The summed E-state index contributed by atoms with van der Waals surface area (Å²) in [5, 5.41) is 26.3. The van der Waals surface area contributed by atoms with Crippen molar-refractivity contribution in [3.63, 3.8) is 0 Å². The first-order valence-electron chi connectivity index (χ1n) is 15.9. The summed E-state index contributed by atoms with van der Waals surface area (Å²) in [6, 6.07) is 58.8. The fraction of sp³-hybridized carbons (Fsp3) is 0. The molecule has 0 saturated carbocycles. The van der Waals surface area contributed by atoms with Crippen molar-refractivity contribution in [2.75, 3.05) is 0 Å². The maximum Gasteiger partial charge on any atom is 0.102 e. The van der Waals surface area contributed by atoms with Gasteiger partial charge in [-0.1, -0.05) is 115 Å². The molecule has 9 aromatic rings. The van der Waals surface area contributed by atoms with Crippen LogP contribution in [0, 0.1) is 22.7 Å². The highest BCUT2D eigenvalue weighted by atomic mass is 15.0. The van der Waals surface area contributed by atoms with Crippen LogP contribution < -0.4 is 0 Å². The Hall–Kier alpha value is -6.88. The van der Waals surface area contributed by atoms with Gasteiger partial charge in [-0.3, -0.25) is 0 Å². The summed E-state index contributed by atoms with van der Waals surface area (Å²) in [7, 11) is 0. The van der Waals surface area contributed by atoms with Gasteiger partial charge in [0.15, 0.2) is 0 Å². The zero-order chi connectivity index (χ0) is 32.2. The molecule has 2 aromatic heterocycles. The Balaban J connectivity index is 1.41. The van der Waals surface area contributed by atoms with E-state index in [2.05, 4.69) is 100 Å². The van der Waals surface area contributed by atoms with Crippen molar-refractivity contribution in [1.29, 1.82) is 10.5 Å². The van der Waals surface area contributed by atoms with Crippen LogP contribution in [0.25, 0.3) is 77.2 Å². The highest BCUT2D eigenvalue weighted by Crippen LogP contribution is 2.42. The summed E-state index contributed by atoms with van der Waals surface area (Å²) in [5.74, 6) is 0. The molecule has 9 rings (SSSR count). The number of para-hydroxylation sites is 3. The van der Waals surface area contributed by atoms with Gasteiger partial charge in [-0.15, -0.1) is 0 Å². The number of nitrogens with zero attached hydrogens (tertiary/aromatic N) is 4.